The van der Waals surface area contributed by atoms with Crippen LogP contribution in [0.4, 0.5) is 4.79 Å². The zero-order valence-corrected chi connectivity index (χ0v) is 10.2. The van der Waals surface area contributed by atoms with Gasteiger partial charge in [-0.2, -0.15) is 0 Å². The molecule has 8 heteroatoms. The summed E-state index contributed by atoms with van der Waals surface area (Å²) in [5.41, 5.74) is 11.0. The summed E-state index contributed by atoms with van der Waals surface area (Å²) in [5.74, 6) is -0.391. The highest BCUT2D eigenvalue weighted by atomic mass is 32.1. The molecule has 0 fully saturated rings. The molecule has 0 spiro atoms. The van der Waals surface area contributed by atoms with Crippen LogP contribution in [-0.4, -0.2) is 35.1 Å². The Balaban J connectivity index is 2.46. The van der Waals surface area contributed by atoms with E-state index in [1.807, 2.05) is 0 Å². The number of aromatic nitrogens is 1. The molecule has 0 radical (unpaired) electrons. The number of pyridine rings is 1. The molecule has 0 aliphatic heterocycles. The molecule has 1 heterocycles. The van der Waals surface area contributed by atoms with Crippen molar-refractivity contribution >= 4 is 29.2 Å². The average molecular weight is 268 g/mol. The maximum Gasteiger partial charge on any atom is 0.404 e. The maximum atomic E-state index is 11.6. The Labute approximate surface area is 109 Å². The van der Waals surface area contributed by atoms with E-state index in [9.17, 15) is 9.59 Å². The lowest BCUT2D eigenvalue weighted by Gasteiger charge is -2.05. The molecule has 0 aromatic carbocycles. The van der Waals surface area contributed by atoms with E-state index in [-0.39, 0.29) is 23.8 Å². The van der Waals surface area contributed by atoms with E-state index < -0.39 is 12.0 Å². The minimum atomic E-state index is -0.886. The Bertz CT molecular complexity index is 461. The number of nitrogens with zero attached hydrogens (tertiary/aromatic N) is 1. The van der Waals surface area contributed by atoms with Crippen LogP contribution in [0.2, 0.25) is 0 Å². The summed E-state index contributed by atoms with van der Waals surface area (Å²) in [4.78, 5) is 25.9. The summed E-state index contributed by atoms with van der Waals surface area (Å²) in [5, 5.41) is 2.50. The number of thiocarbonyl (C=S) groups is 1. The molecule has 1 aromatic rings. The number of nitrogens with two attached hydrogens (primary N) is 2. The van der Waals surface area contributed by atoms with Crippen molar-refractivity contribution in [3.8, 4) is 0 Å². The van der Waals surface area contributed by atoms with Gasteiger partial charge >= 0.3 is 6.09 Å². The first-order valence-corrected chi connectivity index (χ1v) is 5.38. The standard InChI is InChI=1S/C10H12N4O3S/c11-8(18)6-1-2-7(14-5-6)9(15)13-3-4-17-10(12)16/h1-2,5H,3-4H2,(H2,11,18)(H2,12,16)(H,13,15). The molecule has 5 N–H and O–H groups in total. The number of rotatable bonds is 5. The van der Waals surface area contributed by atoms with E-state index in [1.165, 1.54) is 12.3 Å². The van der Waals surface area contributed by atoms with Gasteiger partial charge in [0.05, 0.1) is 6.54 Å². The SMILES string of the molecule is NC(=O)OCCNC(=O)c1ccc(C(N)=S)cn1. The number of ether oxygens (including phenoxy) is 1. The van der Waals surface area contributed by atoms with Gasteiger partial charge in [-0.25, -0.2) is 4.79 Å². The smallest absolute Gasteiger partial charge is 0.404 e. The van der Waals surface area contributed by atoms with Crippen molar-refractivity contribution in [1.82, 2.24) is 10.3 Å². The molecule has 1 aromatic heterocycles. The molecule has 7 nitrogen and oxygen atoms in total. The third-order valence-corrected chi connectivity index (χ3v) is 2.15. The van der Waals surface area contributed by atoms with Crippen LogP contribution in [-0.2, 0) is 4.74 Å². The van der Waals surface area contributed by atoms with Gasteiger partial charge in [0, 0.05) is 11.8 Å². The number of carbonyl (C=O) groups is 2. The van der Waals surface area contributed by atoms with E-state index in [2.05, 4.69) is 15.0 Å². The fourth-order valence-electron chi connectivity index (χ4n) is 1.08. The quantitative estimate of drug-likeness (QED) is 0.491. The highest BCUT2D eigenvalue weighted by molar-refractivity contribution is 7.80. The third-order valence-electron chi connectivity index (χ3n) is 1.91. The van der Waals surface area contributed by atoms with Crippen LogP contribution >= 0.6 is 12.2 Å². The number of amides is 2. The minimum Gasteiger partial charge on any atom is -0.448 e. The van der Waals surface area contributed by atoms with E-state index >= 15 is 0 Å². The van der Waals surface area contributed by atoms with E-state index in [4.69, 9.17) is 23.7 Å². The minimum absolute atomic E-state index is 0.00599. The van der Waals surface area contributed by atoms with Crippen molar-refractivity contribution < 1.29 is 14.3 Å². The molecule has 96 valence electrons. The lowest BCUT2D eigenvalue weighted by atomic mass is 10.2. The largest absolute Gasteiger partial charge is 0.448 e. The first-order chi connectivity index (χ1) is 8.50. The fourth-order valence-corrected chi connectivity index (χ4v) is 1.20. The second kappa shape index (κ2) is 6.50. The molecular formula is C10H12N4O3S. The number of hydrogen-bond donors (Lipinski definition) is 3. The molecule has 1 rings (SSSR count). The van der Waals surface area contributed by atoms with Crippen LogP contribution in [0.1, 0.15) is 16.1 Å². The second-order valence-corrected chi connectivity index (χ2v) is 3.66. The van der Waals surface area contributed by atoms with Gasteiger partial charge in [0.1, 0.15) is 17.3 Å². The second-order valence-electron chi connectivity index (χ2n) is 3.22. The molecule has 0 saturated carbocycles. The summed E-state index contributed by atoms with van der Waals surface area (Å²) < 4.78 is 4.45. The maximum absolute atomic E-state index is 11.6. The third kappa shape index (κ3) is 4.34. The molecule has 0 aliphatic rings. The van der Waals surface area contributed by atoms with Crippen LogP contribution in [0.15, 0.2) is 18.3 Å². The monoisotopic (exact) mass is 268 g/mol. The van der Waals surface area contributed by atoms with Gasteiger partial charge in [-0.05, 0) is 12.1 Å². The molecule has 0 bridgehead atoms. The van der Waals surface area contributed by atoms with Gasteiger partial charge in [-0.3, -0.25) is 9.78 Å². The van der Waals surface area contributed by atoms with Crippen molar-refractivity contribution in [3.63, 3.8) is 0 Å². The van der Waals surface area contributed by atoms with Gasteiger partial charge in [-0.1, -0.05) is 12.2 Å². The summed E-state index contributed by atoms with van der Waals surface area (Å²) in [6, 6.07) is 3.10. The Morgan fingerprint density at radius 3 is 2.61 bits per heavy atom. The molecule has 0 aliphatic carbocycles. The fraction of sp³-hybridized carbons (Fsp3) is 0.200. The van der Waals surface area contributed by atoms with Gasteiger partial charge in [0.2, 0.25) is 0 Å². The van der Waals surface area contributed by atoms with Gasteiger partial charge < -0.3 is 21.5 Å². The topological polar surface area (TPSA) is 120 Å². The van der Waals surface area contributed by atoms with Crippen LogP contribution < -0.4 is 16.8 Å². The molecular weight excluding hydrogens is 256 g/mol. The van der Waals surface area contributed by atoms with Gasteiger partial charge in [0.15, 0.2) is 0 Å². The molecule has 18 heavy (non-hydrogen) atoms. The molecule has 2 amide bonds. The first-order valence-electron chi connectivity index (χ1n) is 4.97. The van der Waals surface area contributed by atoms with Crippen molar-refractivity contribution in [2.75, 3.05) is 13.2 Å². The zero-order chi connectivity index (χ0) is 13.5. The average Bonchev–Trinajstić information content (AvgIpc) is 2.34. The Kier molecular flexibility index (Phi) is 5.00. The Hall–Kier alpha value is -2.22. The highest BCUT2D eigenvalue weighted by Crippen LogP contribution is 2.00. The number of nitrogens with one attached hydrogen (secondary N) is 1. The van der Waals surface area contributed by atoms with Crippen molar-refractivity contribution in [1.29, 1.82) is 0 Å². The summed E-state index contributed by atoms with van der Waals surface area (Å²) in [6.07, 6.45) is 0.528. The van der Waals surface area contributed by atoms with Gasteiger partial charge in [-0.15, -0.1) is 0 Å². The summed E-state index contributed by atoms with van der Waals surface area (Å²) in [6.45, 7) is 0.159. The van der Waals surface area contributed by atoms with E-state index in [0.717, 1.165) is 0 Å². The van der Waals surface area contributed by atoms with Gasteiger partial charge in [0.25, 0.3) is 5.91 Å². The first kappa shape index (κ1) is 13.8. The normalized spacial score (nSPS) is 9.56. The predicted molar refractivity (Wildman–Crippen MR) is 68.0 cm³/mol. The van der Waals surface area contributed by atoms with Crippen LogP contribution in [0.25, 0.3) is 0 Å². The van der Waals surface area contributed by atoms with Crippen LogP contribution in [0, 0.1) is 0 Å². The summed E-state index contributed by atoms with van der Waals surface area (Å²) in [7, 11) is 0. The van der Waals surface area contributed by atoms with E-state index in [1.54, 1.807) is 6.07 Å². The number of primary amides is 1. The number of hydrogen-bond acceptors (Lipinski definition) is 5. The highest BCUT2D eigenvalue weighted by Gasteiger charge is 2.07. The van der Waals surface area contributed by atoms with Crippen molar-refractivity contribution in [3.05, 3.63) is 29.6 Å². The summed E-state index contributed by atoms with van der Waals surface area (Å²) >= 11 is 4.76. The lowest BCUT2D eigenvalue weighted by molar-refractivity contribution is 0.0932. The molecule has 0 unspecified atom stereocenters. The van der Waals surface area contributed by atoms with Crippen LogP contribution in [0.5, 0.6) is 0 Å². The Morgan fingerprint density at radius 2 is 2.11 bits per heavy atom. The molecule has 0 saturated heterocycles. The van der Waals surface area contributed by atoms with Crippen LogP contribution in [0.3, 0.4) is 0 Å². The number of carbonyl (C=O) groups excluding carboxylic acids is 2. The van der Waals surface area contributed by atoms with Crippen molar-refractivity contribution in [2.24, 2.45) is 11.5 Å². The van der Waals surface area contributed by atoms with Crippen molar-refractivity contribution in [2.45, 2.75) is 0 Å². The lowest BCUT2D eigenvalue weighted by Crippen LogP contribution is -2.29. The van der Waals surface area contributed by atoms with E-state index in [0.29, 0.717) is 5.56 Å². The zero-order valence-electron chi connectivity index (χ0n) is 9.38. The predicted octanol–water partition coefficient (Wildman–Crippen LogP) is -0.459. The Morgan fingerprint density at radius 1 is 1.39 bits per heavy atom. The molecule has 0 atom stereocenters.